The molecule has 0 amide bonds. The zero-order chi connectivity index (χ0) is 15.3. The Bertz CT molecular complexity index is 342. The molecule has 5 heteroatoms. The molecule has 0 aliphatic heterocycles. The third kappa shape index (κ3) is 5.93. The zero-order valence-electron chi connectivity index (χ0n) is 13.7. The van der Waals surface area contributed by atoms with Crippen molar-refractivity contribution in [3.05, 3.63) is 0 Å². The van der Waals surface area contributed by atoms with Crippen LogP contribution in [0.4, 0.5) is 0 Å². The summed E-state index contributed by atoms with van der Waals surface area (Å²) in [7, 11) is 2.03. The summed E-state index contributed by atoms with van der Waals surface area (Å²) in [6.07, 6.45) is 4.95. The molecule has 0 spiro atoms. The zero-order valence-corrected chi connectivity index (χ0v) is 13.7. The lowest BCUT2D eigenvalue weighted by Crippen LogP contribution is -2.58. The van der Waals surface area contributed by atoms with E-state index in [2.05, 4.69) is 10.2 Å². The fraction of sp³-hybridized carbons (Fsp3) is 0.938. The molecule has 2 saturated carbocycles. The molecule has 1 unspecified atom stereocenters. The number of rotatable bonds is 11. The summed E-state index contributed by atoms with van der Waals surface area (Å²) in [4.78, 5) is 14.4. The maximum Gasteiger partial charge on any atom is 0.327 e. The Kier molecular flexibility index (Phi) is 6.02. The fourth-order valence-corrected chi connectivity index (χ4v) is 2.51. The summed E-state index contributed by atoms with van der Waals surface area (Å²) in [5, 5.41) is 3.44. The first-order valence-corrected chi connectivity index (χ1v) is 8.24. The van der Waals surface area contributed by atoms with E-state index in [0.717, 1.165) is 38.5 Å². The van der Waals surface area contributed by atoms with Crippen LogP contribution in [0.5, 0.6) is 0 Å². The minimum atomic E-state index is -0.623. The van der Waals surface area contributed by atoms with Gasteiger partial charge in [-0.1, -0.05) is 0 Å². The molecule has 2 fully saturated rings. The van der Waals surface area contributed by atoms with Gasteiger partial charge in [0.15, 0.2) is 0 Å². The second-order valence-electron chi connectivity index (χ2n) is 6.73. The van der Waals surface area contributed by atoms with E-state index < -0.39 is 5.54 Å². The third-order valence-electron chi connectivity index (χ3n) is 4.08. The van der Waals surface area contributed by atoms with Crippen molar-refractivity contribution in [2.24, 2.45) is 5.92 Å². The van der Waals surface area contributed by atoms with Gasteiger partial charge in [-0.15, -0.1) is 0 Å². The number of hydrogen-bond acceptors (Lipinski definition) is 5. The lowest BCUT2D eigenvalue weighted by molar-refractivity contribution is -0.151. The van der Waals surface area contributed by atoms with Crippen LogP contribution in [0.25, 0.3) is 0 Å². The minimum Gasteiger partial charge on any atom is -0.465 e. The molecule has 0 aromatic carbocycles. The van der Waals surface area contributed by atoms with Gasteiger partial charge in [0.05, 0.1) is 13.2 Å². The monoisotopic (exact) mass is 298 g/mol. The van der Waals surface area contributed by atoms with Gasteiger partial charge in [0.2, 0.25) is 0 Å². The van der Waals surface area contributed by atoms with Crippen molar-refractivity contribution in [3.8, 4) is 0 Å². The van der Waals surface area contributed by atoms with Crippen molar-refractivity contribution in [1.82, 2.24) is 10.2 Å². The predicted molar refractivity (Wildman–Crippen MR) is 82.2 cm³/mol. The van der Waals surface area contributed by atoms with Crippen LogP contribution in [0, 0.1) is 5.92 Å². The Balaban J connectivity index is 1.73. The van der Waals surface area contributed by atoms with Crippen LogP contribution in [0.3, 0.4) is 0 Å². The molecule has 0 aromatic heterocycles. The topological polar surface area (TPSA) is 50.8 Å². The Morgan fingerprint density at radius 1 is 1.33 bits per heavy atom. The van der Waals surface area contributed by atoms with E-state index >= 15 is 0 Å². The third-order valence-corrected chi connectivity index (χ3v) is 4.08. The molecule has 2 rings (SSSR count). The van der Waals surface area contributed by atoms with Gasteiger partial charge in [0, 0.05) is 25.7 Å². The van der Waals surface area contributed by atoms with Gasteiger partial charge < -0.3 is 14.4 Å². The first kappa shape index (κ1) is 16.7. The van der Waals surface area contributed by atoms with E-state index in [1.165, 1.54) is 12.8 Å². The van der Waals surface area contributed by atoms with Crippen molar-refractivity contribution in [1.29, 1.82) is 0 Å². The second-order valence-corrected chi connectivity index (χ2v) is 6.73. The molecule has 0 aromatic rings. The highest BCUT2D eigenvalue weighted by atomic mass is 16.5. The SMILES string of the molecule is CCOC(=O)C(C)(CN(C)CCOCC1CC1)NC1CC1. The average molecular weight is 298 g/mol. The molecular formula is C16H30N2O3. The van der Waals surface area contributed by atoms with Crippen molar-refractivity contribution in [2.75, 3.05) is 40.0 Å². The predicted octanol–water partition coefficient (Wildman–Crippen LogP) is 1.42. The number of carbonyl (C=O) groups is 1. The molecule has 5 nitrogen and oxygen atoms in total. The normalized spacial score (nSPS) is 21.3. The molecule has 0 heterocycles. The highest BCUT2D eigenvalue weighted by Crippen LogP contribution is 2.28. The van der Waals surface area contributed by atoms with Gasteiger partial charge in [-0.3, -0.25) is 10.1 Å². The number of hydrogen-bond donors (Lipinski definition) is 1. The van der Waals surface area contributed by atoms with Crippen molar-refractivity contribution >= 4 is 5.97 Å². The van der Waals surface area contributed by atoms with Gasteiger partial charge in [-0.05, 0) is 52.5 Å². The summed E-state index contributed by atoms with van der Waals surface area (Å²) < 4.78 is 10.9. The lowest BCUT2D eigenvalue weighted by Gasteiger charge is -2.32. The van der Waals surface area contributed by atoms with Gasteiger partial charge in [-0.2, -0.15) is 0 Å². The first-order chi connectivity index (χ1) is 10.0. The molecule has 21 heavy (non-hydrogen) atoms. The molecular weight excluding hydrogens is 268 g/mol. The molecule has 122 valence electrons. The molecule has 1 atom stereocenters. The first-order valence-electron chi connectivity index (χ1n) is 8.24. The quantitative estimate of drug-likeness (QED) is 0.462. The minimum absolute atomic E-state index is 0.150. The van der Waals surface area contributed by atoms with Crippen molar-refractivity contribution in [3.63, 3.8) is 0 Å². The average Bonchev–Trinajstić information content (AvgIpc) is 3.30. The van der Waals surface area contributed by atoms with E-state index in [0.29, 0.717) is 19.2 Å². The van der Waals surface area contributed by atoms with Crippen LogP contribution in [-0.4, -0.2) is 62.4 Å². The van der Waals surface area contributed by atoms with Crippen LogP contribution in [-0.2, 0) is 14.3 Å². The molecule has 2 aliphatic carbocycles. The summed E-state index contributed by atoms with van der Waals surface area (Å²) >= 11 is 0. The summed E-state index contributed by atoms with van der Waals surface area (Å²) in [6, 6.07) is 0.471. The molecule has 2 aliphatic rings. The van der Waals surface area contributed by atoms with E-state index in [4.69, 9.17) is 9.47 Å². The number of nitrogens with zero attached hydrogens (tertiary/aromatic N) is 1. The fourth-order valence-electron chi connectivity index (χ4n) is 2.51. The Labute approximate surface area is 128 Å². The van der Waals surface area contributed by atoms with Gasteiger partial charge in [-0.25, -0.2) is 0 Å². The largest absolute Gasteiger partial charge is 0.465 e. The second kappa shape index (κ2) is 7.56. The van der Waals surface area contributed by atoms with E-state index in [1.54, 1.807) is 0 Å². The number of ether oxygens (including phenoxy) is 2. The number of nitrogens with one attached hydrogen (secondary N) is 1. The van der Waals surface area contributed by atoms with E-state index in [9.17, 15) is 4.79 Å². The molecule has 0 bridgehead atoms. The standard InChI is InChI=1S/C16H30N2O3/c1-4-21-15(19)16(2,17-14-7-8-14)12-18(3)9-10-20-11-13-5-6-13/h13-14,17H,4-12H2,1-3H3. The van der Waals surface area contributed by atoms with Crippen LogP contribution in [0.15, 0.2) is 0 Å². The van der Waals surface area contributed by atoms with E-state index in [1.807, 2.05) is 20.9 Å². The lowest BCUT2D eigenvalue weighted by atomic mass is 10.0. The maximum atomic E-state index is 12.2. The van der Waals surface area contributed by atoms with Gasteiger partial charge >= 0.3 is 5.97 Å². The maximum absolute atomic E-state index is 12.2. The number of likely N-dealkylation sites (N-methyl/N-ethyl adjacent to an activating group) is 1. The highest BCUT2D eigenvalue weighted by molar-refractivity contribution is 5.80. The summed E-state index contributed by atoms with van der Waals surface area (Å²) in [5.74, 6) is 0.652. The van der Waals surface area contributed by atoms with Crippen LogP contribution >= 0.6 is 0 Å². The summed E-state index contributed by atoms with van der Waals surface area (Å²) in [5.41, 5.74) is -0.623. The Morgan fingerprint density at radius 2 is 2.05 bits per heavy atom. The van der Waals surface area contributed by atoms with Crippen LogP contribution < -0.4 is 5.32 Å². The van der Waals surface area contributed by atoms with Crippen LogP contribution in [0.2, 0.25) is 0 Å². The smallest absolute Gasteiger partial charge is 0.327 e. The Morgan fingerprint density at radius 3 is 2.62 bits per heavy atom. The number of esters is 1. The van der Waals surface area contributed by atoms with E-state index in [-0.39, 0.29) is 5.97 Å². The highest BCUT2D eigenvalue weighted by Gasteiger charge is 2.40. The summed E-state index contributed by atoms with van der Waals surface area (Å²) in [6.45, 7) is 7.34. The van der Waals surface area contributed by atoms with Crippen LogP contribution in [0.1, 0.15) is 39.5 Å². The molecule has 0 radical (unpaired) electrons. The van der Waals surface area contributed by atoms with Gasteiger partial charge in [0.1, 0.15) is 5.54 Å². The number of carbonyl (C=O) groups excluding carboxylic acids is 1. The van der Waals surface area contributed by atoms with Crippen molar-refractivity contribution in [2.45, 2.75) is 51.1 Å². The molecule has 1 N–H and O–H groups in total. The van der Waals surface area contributed by atoms with Gasteiger partial charge in [0.25, 0.3) is 0 Å². The Hall–Kier alpha value is -0.650. The van der Waals surface area contributed by atoms with Crippen molar-refractivity contribution < 1.29 is 14.3 Å². The molecule has 0 saturated heterocycles.